The van der Waals surface area contributed by atoms with Crippen molar-refractivity contribution in [2.24, 2.45) is 0 Å². The van der Waals surface area contributed by atoms with Crippen molar-refractivity contribution in [3.8, 4) is 0 Å². The summed E-state index contributed by atoms with van der Waals surface area (Å²) in [7, 11) is 0. The average Bonchev–Trinajstić information content (AvgIpc) is 2.66. The lowest BCUT2D eigenvalue weighted by molar-refractivity contribution is 0.285. The molecule has 1 aliphatic heterocycles. The molecule has 2 nitrogen and oxygen atoms in total. The third kappa shape index (κ3) is 4.52. The smallest absolute Gasteiger partial charge is 0.0342 e. The second kappa shape index (κ2) is 7.68. The van der Waals surface area contributed by atoms with Crippen LogP contribution in [0.3, 0.4) is 0 Å². The van der Waals surface area contributed by atoms with E-state index in [4.69, 9.17) is 0 Å². The van der Waals surface area contributed by atoms with Crippen LogP contribution in [0.1, 0.15) is 57.9 Å². The van der Waals surface area contributed by atoms with Crippen molar-refractivity contribution < 1.29 is 0 Å². The fourth-order valence-corrected chi connectivity index (χ4v) is 3.04. The highest BCUT2D eigenvalue weighted by Gasteiger charge is 2.16. The molecule has 0 radical (unpaired) electrons. The van der Waals surface area contributed by atoms with E-state index >= 15 is 0 Å². The molecule has 0 spiro atoms. The molecule has 1 aromatic carbocycles. The molecule has 112 valence electrons. The lowest BCUT2D eigenvalue weighted by Crippen LogP contribution is -2.27. The first-order valence-electron chi connectivity index (χ1n) is 8.28. The minimum Gasteiger partial charge on any atom is -0.382 e. The average molecular weight is 274 g/mol. The van der Waals surface area contributed by atoms with Gasteiger partial charge in [-0.3, -0.25) is 0 Å². The maximum atomic E-state index is 3.72. The minimum atomic E-state index is 0.615. The molecule has 2 rings (SSSR count). The lowest BCUT2D eigenvalue weighted by Gasteiger charge is -2.20. The van der Waals surface area contributed by atoms with Crippen molar-refractivity contribution >= 4 is 5.69 Å². The maximum Gasteiger partial charge on any atom is 0.0342 e. The molecule has 2 heteroatoms. The van der Waals surface area contributed by atoms with Crippen molar-refractivity contribution in [3.63, 3.8) is 0 Å². The summed E-state index contributed by atoms with van der Waals surface area (Å²) in [6.45, 7) is 10.5. The van der Waals surface area contributed by atoms with E-state index in [1.165, 1.54) is 56.6 Å². The zero-order chi connectivity index (χ0) is 14.4. The van der Waals surface area contributed by atoms with E-state index < -0.39 is 0 Å². The quantitative estimate of drug-likeness (QED) is 0.851. The second-order valence-electron chi connectivity index (χ2n) is 6.39. The second-order valence-corrected chi connectivity index (χ2v) is 6.39. The minimum absolute atomic E-state index is 0.615. The number of hydrogen-bond acceptors (Lipinski definition) is 2. The highest BCUT2D eigenvalue weighted by Crippen LogP contribution is 2.20. The fourth-order valence-electron chi connectivity index (χ4n) is 3.04. The number of hydrogen-bond donors (Lipinski definition) is 1. The summed E-state index contributed by atoms with van der Waals surface area (Å²) in [5.41, 5.74) is 2.70. The Balaban J connectivity index is 1.86. The molecule has 20 heavy (non-hydrogen) atoms. The van der Waals surface area contributed by atoms with Crippen molar-refractivity contribution in [2.45, 2.75) is 58.4 Å². The Labute approximate surface area is 124 Å². The van der Waals surface area contributed by atoms with Crippen LogP contribution in [-0.4, -0.2) is 30.6 Å². The van der Waals surface area contributed by atoms with Crippen LogP contribution >= 0.6 is 0 Å². The van der Waals surface area contributed by atoms with Crippen LogP contribution in [0.2, 0.25) is 0 Å². The molecular formula is C18H30N2. The first-order chi connectivity index (χ1) is 9.69. The Morgan fingerprint density at radius 1 is 1.15 bits per heavy atom. The lowest BCUT2D eigenvalue weighted by atomic mass is 10.0. The summed E-state index contributed by atoms with van der Waals surface area (Å²) >= 11 is 0. The zero-order valence-electron chi connectivity index (χ0n) is 13.4. The normalized spacial score (nSPS) is 20.9. The first-order valence-corrected chi connectivity index (χ1v) is 8.28. The van der Waals surface area contributed by atoms with Gasteiger partial charge in [-0.25, -0.2) is 0 Å². The maximum absolute atomic E-state index is 3.72. The summed E-state index contributed by atoms with van der Waals surface area (Å²) in [6.07, 6.45) is 5.16. The van der Waals surface area contributed by atoms with E-state index in [-0.39, 0.29) is 0 Å². The SMILES string of the molecule is CCCN1CCCC(Nc2ccc(C(C)C)cc2)CC1. The summed E-state index contributed by atoms with van der Waals surface area (Å²) in [4.78, 5) is 2.61. The van der Waals surface area contributed by atoms with E-state index in [9.17, 15) is 0 Å². The molecule has 1 aliphatic rings. The summed E-state index contributed by atoms with van der Waals surface area (Å²) in [5, 5.41) is 3.72. The molecule has 0 saturated carbocycles. The van der Waals surface area contributed by atoms with Crippen LogP contribution < -0.4 is 5.32 Å². The number of anilines is 1. The van der Waals surface area contributed by atoms with E-state index in [0.29, 0.717) is 12.0 Å². The van der Waals surface area contributed by atoms with Crippen molar-refractivity contribution in [1.29, 1.82) is 0 Å². The molecular weight excluding hydrogens is 244 g/mol. The molecule has 1 aromatic rings. The Bertz CT molecular complexity index is 383. The topological polar surface area (TPSA) is 15.3 Å². The number of likely N-dealkylation sites (tertiary alicyclic amines) is 1. The van der Waals surface area contributed by atoms with Gasteiger partial charge in [0.15, 0.2) is 0 Å². The van der Waals surface area contributed by atoms with Gasteiger partial charge in [-0.1, -0.05) is 32.9 Å². The molecule has 1 atom stereocenters. The predicted octanol–water partition coefficient (Wildman–Crippen LogP) is 4.49. The van der Waals surface area contributed by atoms with Crippen LogP contribution in [-0.2, 0) is 0 Å². The van der Waals surface area contributed by atoms with E-state index in [0.717, 1.165) is 0 Å². The van der Waals surface area contributed by atoms with Crippen LogP contribution in [0.5, 0.6) is 0 Å². The third-order valence-corrected chi connectivity index (χ3v) is 4.31. The van der Waals surface area contributed by atoms with Crippen LogP contribution in [0.15, 0.2) is 24.3 Å². The number of rotatable bonds is 5. The van der Waals surface area contributed by atoms with Crippen LogP contribution in [0, 0.1) is 0 Å². The standard InChI is InChI=1S/C18H30N2/c1-4-12-20-13-5-6-17(11-14-20)19-18-9-7-16(8-10-18)15(2)3/h7-10,15,17,19H,4-6,11-14H2,1-3H3. The molecule has 1 N–H and O–H groups in total. The van der Waals surface area contributed by atoms with Gasteiger partial charge >= 0.3 is 0 Å². The van der Waals surface area contributed by atoms with Gasteiger partial charge in [-0.05, 0) is 62.4 Å². The van der Waals surface area contributed by atoms with Gasteiger partial charge in [-0.2, -0.15) is 0 Å². The predicted molar refractivity (Wildman–Crippen MR) is 88.5 cm³/mol. The Morgan fingerprint density at radius 2 is 1.90 bits per heavy atom. The zero-order valence-corrected chi connectivity index (χ0v) is 13.4. The summed E-state index contributed by atoms with van der Waals surface area (Å²) < 4.78 is 0. The fraction of sp³-hybridized carbons (Fsp3) is 0.667. The van der Waals surface area contributed by atoms with Gasteiger partial charge in [0.25, 0.3) is 0 Å². The van der Waals surface area contributed by atoms with Crippen molar-refractivity contribution in [3.05, 3.63) is 29.8 Å². The van der Waals surface area contributed by atoms with Gasteiger partial charge in [0.05, 0.1) is 0 Å². The first kappa shape index (κ1) is 15.4. The Morgan fingerprint density at radius 3 is 2.55 bits per heavy atom. The number of benzene rings is 1. The Hall–Kier alpha value is -1.02. The molecule has 1 unspecified atom stereocenters. The molecule has 1 fully saturated rings. The third-order valence-electron chi connectivity index (χ3n) is 4.31. The molecule has 0 aromatic heterocycles. The van der Waals surface area contributed by atoms with Crippen molar-refractivity contribution in [1.82, 2.24) is 4.90 Å². The number of nitrogens with one attached hydrogen (secondary N) is 1. The highest BCUT2D eigenvalue weighted by molar-refractivity contribution is 5.46. The summed E-state index contributed by atoms with van der Waals surface area (Å²) in [5.74, 6) is 0.615. The molecule has 0 bridgehead atoms. The number of nitrogens with zero attached hydrogens (tertiary/aromatic N) is 1. The van der Waals surface area contributed by atoms with Gasteiger partial charge in [-0.15, -0.1) is 0 Å². The summed E-state index contributed by atoms with van der Waals surface area (Å²) in [6, 6.07) is 9.63. The molecule has 1 heterocycles. The van der Waals surface area contributed by atoms with E-state index in [1.54, 1.807) is 0 Å². The van der Waals surface area contributed by atoms with Gasteiger partial charge in [0.2, 0.25) is 0 Å². The van der Waals surface area contributed by atoms with Gasteiger partial charge < -0.3 is 10.2 Å². The van der Waals surface area contributed by atoms with E-state index in [1.807, 2.05) is 0 Å². The Kier molecular flexibility index (Phi) is 5.90. The largest absolute Gasteiger partial charge is 0.382 e. The molecule has 0 aliphatic carbocycles. The van der Waals surface area contributed by atoms with Crippen LogP contribution in [0.25, 0.3) is 0 Å². The van der Waals surface area contributed by atoms with E-state index in [2.05, 4.69) is 55.3 Å². The molecule has 0 amide bonds. The van der Waals surface area contributed by atoms with Crippen molar-refractivity contribution in [2.75, 3.05) is 25.0 Å². The van der Waals surface area contributed by atoms with Crippen LogP contribution in [0.4, 0.5) is 5.69 Å². The van der Waals surface area contributed by atoms with Gasteiger partial charge in [0.1, 0.15) is 0 Å². The highest BCUT2D eigenvalue weighted by atomic mass is 15.1. The molecule has 1 saturated heterocycles. The van der Waals surface area contributed by atoms with Gasteiger partial charge in [0, 0.05) is 18.3 Å². The monoisotopic (exact) mass is 274 g/mol.